The Morgan fingerprint density at radius 3 is 2.48 bits per heavy atom. The molecule has 0 spiro atoms. The van der Waals surface area contributed by atoms with Crippen LogP contribution in [0.4, 0.5) is 5.69 Å². The average molecular weight is 291 g/mol. The monoisotopic (exact) mass is 291 g/mol. The Balaban J connectivity index is 1.92. The van der Waals surface area contributed by atoms with Gasteiger partial charge in [-0.2, -0.15) is 0 Å². The van der Waals surface area contributed by atoms with Crippen LogP contribution in [0.15, 0.2) is 24.3 Å². The molecule has 0 heterocycles. The first-order chi connectivity index (χ1) is 10.2. The fourth-order valence-electron chi connectivity index (χ4n) is 2.68. The molecule has 1 aromatic rings. The minimum Gasteiger partial charge on any atom is -0.494 e. The molecule has 0 saturated heterocycles. The maximum absolute atomic E-state index is 12.4. The Hall–Kier alpha value is -1.55. The van der Waals surface area contributed by atoms with Gasteiger partial charge in [-0.3, -0.25) is 4.79 Å². The van der Waals surface area contributed by atoms with E-state index in [1.807, 2.05) is 24.3 Å². The molecule has 1 aliphatic carbocycles. The molecule has 1 saturated carbocycles. The molecule has 0 radical (unpaired) electrons. The third-order valence-corrected chi connectivity index (χ3v) is 4.09. The number of hydrogen-bond acceptors (Lipinski definition) is 3. The topological polar surface area (TPSA) is 47.6 Å². The molecule has 0 aromatic heterocycles. The summed E-state index contributed by atoms with van der Waals surface area (Å²) in [6.45, 7) is 2.87. The number of amides is 1. The maximum Gasteiger partial charge on any atom is 0.256 e. The van der Waals surface area contributed by atoms with Crippen LogP contribution in [-0.2, 0) is 9.53 Å². The fraction of sp³-hybridized carbons (Fsp3) is 0.588. The van der Waals surface area contributed by atoms with Crippen LogP contribution in [0.1, 0.15) is 45.4 Å². The number of benzene rings is 1. The number of nitrogens with one attached hydrogen (secondary N) is 1. The Labute approximate surface area is 126 Å². The average Bonchev–Trinajstić information content (AvgIpc) is 2.99. The molecule has 4 heteroatoms. The zero-order chi connectivity index (χ0) is 15.1. The van der Waals surface area contributed by atoms with E-state index in [0.29, 0.717) is 0 Å². The standard InChI is InChI=1S/C17H25NO3/c1-3-4-13-21-15-9-7-14(8-10-15)18-16(19)17(20-2)11-5-6-12-17/h7-10H,3-6,11-13H2,1-2H3,(H,18,19). The molecule has 0 unspecified atom stereocenters. The van der Waals surface area contributed by atoms with Gasteiger partial charge in [0.1, 0.15) is 11.4 Å². The van der Waals surface area contributed by atoms with Crippen LogP contribution in [0.3, 0.4) is 0 Å². The second-order valence-corrected chi connectivity index (χ2v) is 5.59. The fourth-order valence-corrected chi connectivity index (χ4v) is 2.68. The highest BCUT2D eigenvalue weighted by Gasteiger charge is 2.41. The summed E-state index contributed by atoms with van der Waals surface area (Å²) in [6, 6.07) is 7.52. The molecule has 0 atom stereocenters. The van der Waals surface area contributed by atoms with Gasteiger partial charge in [-0.15, -0.1) is 0 Å². The number of methoxy groups -OCH3 is 1. The van der Waals surface area contributed by atoms with E-state index in [0.717, 1.165) is 56.6 Å². The molecule has 0 bridgehead atoms. The lowest BCUT2D eigenvalue weighted by atomic mass is 10.0. The zero-order valence-corrected chi connectivity index (χ0v) is 13.0. The van der Waals surface area contributed by atoms with Crippen molar-refractivity contribution in [3.05, 3.63) is 24.3 Å². The summed E-state index contributed by atoms with van der Waals surface area (Å²) in [4.78, 5) is 12.4. The van der Waals surface area contributed by atoms with Crippen LogP contribution in [-0.4, -0.2) is 25.2 Å². The molecule has 1 amide bonds. The zero-order valence-electron chi connectivity index (χ0n) is 13.0. The molecule has 1 aliphatic rings. The van der Waals surface area contributed by atoms with E-state index < -0.39 is 5.60 Å². The van der Waals surface area contributed by atoms with Gasteiger partial charge >= 0.3 is 0 Å². The van der Waals surface area contributed by atoms with Crippen LogP contribution in [0, 0.1) is 0 Å². The van der Waals surface area contributed by atoms with Crippen LogP contribution in [0.2, 0.25) is 0 Å². The highest BCUT2D eigenvalue weighted by atomic mass is 16.5. The first kappa shape index (κ1) is 15.8. The van der Waals surface area contributed by atoms with E-state index in [9.17, 15) is 4.79 Å². The van der Waals surface area contributed by atoms with Gasteiger partial charge in [0.05, 0.1) is 6.61 Å². The third-order valence-electron chi connectivity index (χ3n) is 4.09. The molecule has 4 nitrogen and oxygen atoms in total. The number of ether oxygens (including phenoxy) is 2. The highest BCUT2D eigenvalue weighted by Crippen LogP contribution is 2.33. The summed E-state index contributed by atoms with van der Waals surface area (Å²) in [5.74, 6) is 0.797. The minimum absolute atomic E-state index is 0.0397. The van der Waals surface area contributed by atoms with Crippen LogP contribution in [0.25, 0.3) is 0 Å². The first-order valence-electron chi connectivity index (χ1n) is 7.79. The summed E-state index contributed by atoms with van der Waals surface area (Å²) in [5.41, 5.74) is 0.141. The molecule has 2 rings (SSSR count). The van der Waals surface area contributed by atoms with E-state index in [4.69, 9.17) is 9.47 Å². The van der Waals surface area contributed by atoms with Crippen molar-refractivity contribution in [1.82, 2.24) is 0 Å². The van der Waals surface area contributed by atoms with Crippen molar-refractivity contribution >= 4 is 11.6 Å². The quantitative estimate of drug-likeness (QED) is 0.778. The van der Waals surface area contributed by atoms with E-state index >= 15 is 0 Å². The van der Waals surface area contributed by atoms with Gasteiger partial charge in [-0.25, -0.2) is 0 Å². The number of carbonyl (C=O) groups excluding carboxylic acids is 1. The number of rotatable bonds is 7. The first-order valence-corrected chi connectivity index (χ1v) is 7.79. The molecule has 21 heavy (non-hydrogen) atoms. The number of unbranched alkanes of at least 4 members (excludes halogenated alkanes) is 1. The van der Waals surface area contributed by atoms with Crippen molar-refractivity contribution in [2.24, 2.45) is 0 Å². The summed E-state index contributed by atoms with van der Waals surface area (Å²) in [5, 5.41) is 2.95. The number of carbonyl (C=O) groups is 1. The normalized spacial score (nSPS) is 16.7. The number of anilines is 1. The predicted octanol–water partition coefficient (Wildman–Crippen LogP) is 3.76. The van der Waals surface area contributed by atoms with Gasteiger partial charge in [0.2, 0.25) is 0 Å². The lowest BCUT2D eigenvalue weighted by Crippen LogP contribution is -2.42. The van der Waals surface area contributed by atoms with Gasteiger partial charge in [0.15, 0.2) is 0 Å². The van der Waals surface area contributed by atoms with Gasteiger partial charge in [-0.1, -0.05) is 13.3 Å². The summed E-state index contributed by atoms with van der Waals surface area (Å²) in [6.07, 6.45) is 5.86. The van der Waals surface area contributed by atoms with Crippen molar-refractivity contribution in [3.8, 4) is 5.75 Å². The van der Waals surface area contributed by atoms with Gasteiger partial charge in [-0.05, 0) is 56.4 Å². The largest absolute Gasteiger partial charge is 0.494 e. The smallest absolute Gasteiger partial charge is 0.256 e. The van der Waals surface area contributed by atoms with E-state index in [2.05, 4.69) is 12.2 Å². The molecular formula is C17H25NO3. The second kappa shape index (κ2) is 7.46. The Bertz CT molecular complexity index is 450. The summed E-state index contributed by atoms with van der Waals surface area (Å²) < 4.78 is 11.1. The Morgan fingerprint density at radius 1 is 1.24 bits per heavy atom. The van der Waals surface area contributed by atoms with Crippen LogP contribution in [0.5, 0.6) is 5.75 Å². The lowest BCUT2D eigenvalue weighted by Gasteiger charge is -2.25. The molecule has 1 fully saturated rings. The summed E-state index contributed by atoms with van der Waals surface area (Å²) in [7, 11) is 1.62. The maximum atomic E-state index is 12.4. The van der Waals surface area contributed by atoms with Gasteiger partial charge in [0.25, 0.3) is 5.91 Å². The van der Waals surface area contributed by atoms with Gasteiger partial charge < -0.3 is 14.8 Å². The number of hydrogen-bond donors (Lipinski definition) is 1. The molecule has 116 valence electrons. The van der Waals surface area contributed by atoms with Crippen molar-refractivity contribution in [2.75, 3.05) is 19.0 Å². The van der Waals surface area contributed by atoms with Crippen molar-refractivity contribution in [3.63, 3.8) is 0 Å². The van der Waals surface area contributed by atoms with Gasteiger partial charge in [0, 0.05) is 12.8 Å². The second-order valence-electron chi connectivity index (χ2n) is 5.59. The minimum atomic E-state index is -0.643. The Kier molecular flexibility index (Phi) is 5.62. The molecule has 1 N–H and O–H groups in total. The predicted molar refractivity (Wildman–Crippen MR) is 83.7 cm³/mol. The molecule has 1 aromatic carbocycles. The summed E-state index contributed by atoms with van der Waals surface area (Å²) >= 11 is 0. The Morgan fingerprint density at radius 2 is 1.90 bits per heavy atom. The SMILES string of the molecule is CCCCOc1ccc(NC(=O)C2(OC)CCCC2)cc1. The van der Waals surface area contributed by atoms with Crippen molar-refractivity contribution < 1.29 is 14.3 Å². The van der Waals surface area contributed by atoms with E-state index in [1.54, 1.807) is 7.11 Å². The molecule has 0 aliphatic heterocycles. The highest BCUT2D eigenvalue weighted by molar-refractivity contribution is 5.97. The van der Waals surface area contributed by atoms with Crippen LogP contribution < -0.4 is 10.1 Å². The van der Waals surface area contributed by atoms with Crippen molar-refractivity contribution in [1.29, 1.82) is 0 Å². The van der Waals surface area contributed by atoms with E-state index in [1.165, 1.54) is 0 Å². The van der Waals surface area contributed by atoms with Crippen LogP contribution >= 0.6 is 0 Å². The van der Waals surface area contributed by atoms with Crippen molar-refractivity contribution in [2.45, 2.75) is 51.0 Å². The third kappa shape index (κ3) is 3.97. The molecular weight excluding hydrogens is 266 g/mol. The lowest BCUT2D eigenvalue weighted by molar-refractivity contribution is -0.136. The van der Waals surface area contributed by atoms with E-state index in [-0.39, 0.29) is 5.91 Å².